The van der Waals surface area contributed by atoms with Gasteiger partial charge in [0.1, 0.15) is 0 Å². The lowest BCUT2D eigenvalue weighted by atomic mass is 10.2. The molecule has 0 saturated carbocycles. The molecule has 0 heterocycles. The van der Waals surface area contributed by atoms with E-state index in [-0.39, 0.29) is 0 Å². The van der Waals surface area contributed by atoms with Crippen LogP contribution in [0.3, 0.4) is 0 Å². The van der Waals surface area contributed by atoms with E-state index in [1.54, 1.807) is 6.07 Å². The fraction of sp³-hybridized carbons (Fsp3) is 0.143. The molecule has 1 radical (unpaired) electrons. The molecule has 1 heteroatoms. The fourth-order valence-electron chi connectivity index (χ4n) is 0.521. The van der Waals surface area contributed by atoms with E-state index in [2.05, 4.69) is 6.07 Å². The Kier molecular flexibility index (Phi) is 1.20. The number of nitrogens with two attached hydrogens (primary N) is 1. The van der Waals surface area contributed by atoms with Crippen molar-refractivity contribution in [3.8, 4) is 0 Å². The average Bonchev–Trinajstić information content (AvgIpc) is 1.77. The number of anilines is 1. The molecule has 8 heavy (non-hydrogen) atoms. The van der Waals surface area contributed by atoms with Gasteiger partial charge in [-0.15, -0.1) is 0 Å². The van der Waals surface area contributed by atoms with Gasteiger partial charge in [0.25, 0.3) is 0 Å². The SMILES string of the molecule is Cc1cc[c]cc1N. The second kappa shape index (κ2) is 1.86. The summed E-state index contributed by atoms with van der Waals surface area (Å²) in [6.45, 7) is 1.98. The van der Waals surface area contributed by atoms with E-state index < -0.39 is 0 Å². The van der Waals surface area contributed by atoms with Gasteiger partial charge in [0.05, 0.1) is 0 Å². The second-order valence-corrected chi connectivity index (χ2v) is 1.78. The standard InChI is InChI=1S/C7H8N/c1-6-4-2-3-5-7(6)8/h2,4-5H,8H2,1H3. The maximum absolute atomic E-state index is 5.49. The quantitative estimate of drug-likeness (QED) is 0.497. The van der Waals surface area contributed by atoms with Gasteiger partial charge < -0.3 is 5.73 Å². The minimum atomic E-state index is 0.813. The molecular weight excluding hydrogens is 98.1 g/mol. The van der Waals surface area contributed by atoms with Gasteiger partial charge in [-0.3, -0.25) is 0 Å². The van der Waals surface area contributed by atoms with Crippen LogP contribution in [0, 0.1) is 13.0 Å². The Labute approximate surface area is 49.1 Å². The van der Waals surface area contributed by atoms with Crippen molar-refractivity contribution < 1.29 is 0 Å². The third-order valence-electron chi connectivity index (χ3n) is 1.12. The van der Waals surface area contributed by atoms with Crippen LogP contribution >= 0.6 is 0 Å². The molecule has 1 aromatic carbocycles. The van der Waals surface area contributed by atoms with Crippen LogP contribution in [0.4, 0.5) is 5.69 Å². The molecule has 1 nitrogen and oxygen atoms in total. The summed E-state index contributed by atoms with van der Waals surface area (Å²) in [5, 5.41) is 0. The first-order valence-corrected chi connectivity index (χ1v) is 2.53. The van der Waals surface area contributed by atoms with Crippen LogP contribution in [0.25, 0.3) is 0 Å². The molecule has 0 bridgehead atoms. The Morgan fingerprint density at radius 2 is 2.38 bits per heavy atom. The number of benzene rings is 1. The maximum atomic E-state index is 5.49. The van der Waals surface area contributed by atoms with Crippen LogP contribution in [-0.2, 0) is 0 Å². The van der Waals surface area contributed by atoms with Crippen molar-refractivity contribution in [3.63, 3.8) is 0 Å². The summed E-state index contributed by atoms with van der Waals surface area (Å²) in [4.78, 5) is 0. The number of nitrogen functional groups attached to an aromatic ring is 1. The lowest BCUT2D eigenvalue weighted by Gasteiger charge is -1.93. The third kappa shape index (κ3) is 0.808. The molecule has 0 unspecified atom stereocenters. The first-order chi connectivity index (χ1) is 3.80. The Morgan fingerprint density at radius 1 is 1.62 bits per heavy atom. The molecule has 41 valence electrons. The number of aryl methyl sites for hydroxylation is 1. The van der Waals surface area contributed by atoms with Gasteiger partial charge in [-0.05, 0) is 24.6 Å². The van der Waals surface area contributed by atoms with E-state index in [4.69, 9.17) is 5.73 Å². The van der Waals surface area contributed by atoms with Crippen LogP contribution in [0.5, 0.6) is 0 Å². The first-order valence-electron chi connectivity index (χ1n) is 2.53. The molecule has 2 N–H and O–H groups in total. The zero-order chi connectivity index (χ0) is 5.98. The predicted octanol–water partition coefficient (Wildman–Crippen LogP) is 1.38. The summed E-state index contributed by atoms with van der Waals surface area (Å²) < 4.78 is 0. The lowest BCUT2D eigenvalue weighted by Crippen LogP contribution is -1.86. The van der Waals surface area contributed by atoms with Gasteiger partial charge in [0, 0.05) is 5.69 Å². The molecule has 0 aromatic heterocycles. The van der Waals surface area contributed by atoms with Crippen LogP contribution < -0.4 is 5.73 Å². The lowest BCUT2D eigenvalue weighted by molar-refractivity contribution is 1.47. The third-order valence-corrected chi connectivity index (χ3v) is 1.12. The highest BCUT2D eigenvalue weighted by Gasteiger charge is 1.84. The predicted molar refractivity (Wildman–Crippen MR) is 34.4 cm³/mol. The van der Waals surface area contributed by atoms with Gasteiger partial charge in [0.2, 0.25) is 0 Å². The molecule has 0 spiro atoms. The Morgan fingerprint density at radius 3 is 2.75 bits per heavy atom. The zero-order valence-electron chi connectivity index (χ0n) is 4.81. The fourth-order valence-corrected chi connectivity index (χ4v) is 0.521. The number of hydrogen-bond donors (Lipinski definition) is 1. The molecule has 1 rings (SSSR count). The van der Waals surface area contributed by atoms with E-state index in [9.17, 15) is 0 Å². The minimum absolute atomic E-state index is 0.813. The average molecular weight is 106 g/mol. The molecule has 0 saturated heterocycles. The molecule has 0 atom stereocenters. The highest BCUT2D eigenvalue weighted by molar-refractivity contribution is 5.44. The van der Waals surface area contributed by atoms with E-state index in [1.165, 1.54) is 0 Å². The van der Waals surface area contributed by atoms with Crippen LogP contribution in [0.2, 0.25) is 0 Å². The van der Waals surface area contributed by atoms with Crippen LogP contribution in [0.1, 0.15) is 5.56 Å². The number of rotatable bonds is 0. The Balaban J connectivity index is 3.13. The van der Waals surface area contributed by atoms with Gasteiger partial charge in [0.15, 0.2) is 0 Å². The summed E-state index contributed by atoms with van der Waals surface area (Å²) >= 11 is 0. The second-order valence-electron chi connectivity index (χ2n) is 1.78. The van der Waals surface area contributed by atoms with Crippen LogP contribution in [0.15, 0.2) is 18.2 Å². The Hall–Kier alpha value is -0.980. The van der Waals surface area contributed by atoms with Crippen LogP contribution in [-0.4, -0.2) is 0 Å². The van der Waals surface area contributed by atoms with Crippen molar-refractivity contribution in [1.82, 2.24) is 0 Å². The highest BCUT2D eigenvalue weighted by atomic mass is 14.5. The smallest absolute Gasteiger partial charge is 0.0349 e. The Bertz CT molecular complexity index is 160. The van der Waals surface area contributed by atoms with Crippen molar-refractivity contribution in [2.75, 3.05) is 5.73 Å². The summed E-state index contributed by atoms with van der Waals surface area (Å²) in [7, 11) is 0. The van der Waals surface area contributed by atoms with Crippen molar-refractivity contribution >= 4 is 5.69 Å². The number of hydrogen-bond acceptors (Lipinski definition) is 1. The van der Waals surface area contributed by atoms with Gasteiger partial charge in [-0.2, -0.15) is 0 Å². The topological polar surface area (TPSA) is 26.0 Å². The summed E-state index contributed by atoms with van der Waals surface area (Å²) in [6.07, 6.45) is 0. The maximum Gasteiger partial charge on any atom is 0.0349 e. The molecule has 0 aliphatic rings. The summed E-state index contributed by atoms with van der Waals surface area (Å²) in [6, 6.07) is 8.44. The summed E-state index contributed by atoms with van der Waals surface area (Å²) in [5.74, 6) is 0. The first kappa shape index (κ1) is 5.16. The van der Waals surface area contributed by atoms with Gasteiger partial charge >= 0.3 is 0 Å². The van der Waals surface area contributed by atoms with E-state index in [1.807, 2.05) is 19.1 Å². The molecule has 0 aliphatic heterocycles. The van der Waals surface area contributed by atoms with E-state index >= 15 is 0 Å². The van der Waals surface area contributed by atoms with Crippen molar-refractivity contribution in [3.05, 3.63) is 29.8 Å². The van der Waals surface area contributed by atoms with Crippen molar-refractivity contribution in [1.29, 1.82) is 0 Å². The van der Waals surface area contributed by atoms with Crippen molar-refractivity contribution in [2.45, 2.75) is 6.92 Å². The normalized spacial score (nSPS) is 9.12. The molecular formula is C7H8N. The largest absolute Gasteiger partial charge is 0.398 e. The minimum Gasteiger partial charge on any atom is -0.398 e. The molecule has 0 amide bonds. The summed E-state index contributed by atoms with van der Waals surface area (Å²) in [5.41, 5.74) is 7.42. The zero-order valence-corrected chi connectivity index (χ0v) is 4.81. The van der Waals surface area contributed by atoms with Crippen molar-refractivity contribution in [2.24, 2.45) is 0 Å². The molecule has 1 aromatic rings. The highest BCUT2D eigenvalue weighted by Crippen LogP contribution is 2.05. The molecule has 0 fully saturated rings. The van der Waals surface area contributed by atoms with E-state index in [0.29, 0.717) is 0 Å². The molecule has 0 aliphatic carbocycles. The van der Waals surface area contributed by atoms with Gasteiger partial charge in [-0.1, -0.05) is 12.1 Å². The van der Waals surface area contributed by atoms with Gasteiger partial charge in [-0.25, -0.2) is 0 Å². The van der Waals surface area contributed by atoms with E-state index in [0.717, 1.165) is 11.3 Å². The monoisotopic (exact) mass is 106 g/mol.